The smallest absolute Gasteiger partial charge is 0.317 e. The van der Waals surface area contributed by atoms with E-state index in [2.05, 4.69) is 5.32 Å². The summed E-state index contributed by atoms with van der Waals surface area (Å²) in [5.74, 6) is -0.108. The number of para-hydroxylation sites is 1. The Morgan fingerprint density at radius 1 is 1.33 bits per heavy atom. The molecule has 1 saturated carbocycles. The summed E-state index contributed by atoms with van der Waals surface area (Å²) in [6.07, 6.45) is 2.33. The molecule has 2 N–H and O–H groups in total. The number of likely N-dealkylation sites (N-methyl/N-ethyl adjacent to an activating group) is 1. The van der Waals surface area contributed by atoms with Crippen LogP contribution in [0.3, 0.4) is 0 Å². The molecule has 6 heteroatoms. The summed E-state index contributed by atoms with van der Waals surface area (Å²) in [6, 6.07) is 8.08. The molecule has 1 atom stereocenters. The number of ether oxygens (including phenoxy) is 1. The standard InChI is InChI=1S/C18H24N2O4/c1-2-20(11-17(21)22)13-9-12(10-13)19-18(23)15-7-8-24-16-6-4-3-5-14(15)16/h3-6,12-13,15H,2,7-11H2,1H3,(H,19,23)(H,21,22). The maximum absolute atomic E-state index is 12.6. The van der Waals surface area contributed by atoms with Crippen LogP contribution in [0.4, 0.5) is 0 Å². The summed E-state index contributed by atoms with van der Waals surface area (Å²) in [4.78, 5) is 25.4. The van der Waals surface area contributed by atoms with Gasteiger partial charge < -0.3 is 15.2 Å². The summed E-state index contributed by atoms with van der Waals surface area (Å²) < 4.78 is 5.61. The van der Waals surface area contributed by atoms with E-state index in [1.807, 2.05) is 36.1 Å². The number of aliphatic carboxylic acids is 1. The Hall–Kier alpha value is -2.08. The predicted molar refractivity (Wildman–Crippen MR) is 89.1 cm³/mol. The van der Waals surface area contributed by atoms with Crippen LogP contribution in [0.1, 0.15) is 37.7 Å². The maximum Gasteiger partial charge on any atom is 0.317 e. The third kappa shape index (κ3) is 3.53. The first-order valence-corrected chi connectivity index (χ1v) is 8.56. The molecule has 6 nitrogen and oxygen atoms in total. The highest BCUT2D eigenvalue weighted by atomic mass is 16.5. The summed E-state index contributed by atoms with van der Waals surface area (Å²) in [5, 5.41) is 12.1. The summed E-state index contributed by atoms with van der Waals surface area (Å²) in [6.45, 7) is 3.30. The number of carbonyl (C=O) groups is 2. The highest BCUT2D eigenvalue weighted by molar-refractivity contribution is 5.85. The van der Waals surface area contributed by atoms with Gasteiger partial charge in [0.05, 0.1) is 19.1 Å². The van der Waals surface area contributed by atoms with E-state index in [4.69, 9.17) is 9.84 Å². The number of hydrogen-bond acceptors (Lipinski definition) is 4. The average Bonchev–Trinajstić information content (AvgIpc) is 2.55. The molecule has 1 aromatic carbocycles. The zero-order valence-corrected chi connectivity index (χ0v) is 13.9. The van der Waals surface area contributed by atoms with Crippen LogP contribution in [0.15, 0.2) is 24.3 Å². The second kappa shape index (κ2) is 7.21. The first kappa shape index (κ1) is 16.8. The number of benzene rings is 1. The lowest BCUT2D eigenvalue weighted by Gasteiger charge is -2.42. The van der Waals surface area contributed by atoms with E-state index in [-0.39, 0.29) is 30.5 Å². The second-order valence-corrected chi connectivity index (χ2v) is 6.52. The topological polar surface area (TPSA) is 78.9 Å². The van der Waals surface area contributed by atoms with Crippen molar-refractivity contribution in [3.8, 4) is 5.75 Å². The van der Waals surface area contributed by atoms with Crippen molar-refractivity contribution in [2.24, 2.45) is 0 Å². The number of nitrogens with one attached hydrogen (secondary N) is 1. The molecule has 1 fully saturated rings. The number of carbonyl (C=O) groups excluding carboxylic acids is 1. The second-order valence-electron chi connectivity index (χ2n) is 6.52. The number of carboxylic acids is 1. The third-order valence-corrected chi connectivity index (χ3v) is 5.00. The van der Waals surface area contributed by atoms with Crippen molar-refractivity contribution in [1.82, 2.24) is 10.2 Å². The van der Waals surface area contributed by atoms with Gasteiger partial charge in [-0.1, -0.05) is 25.1 Å². The first-order chi connectivity index (χ1) is 11.6. The van der Waals surface area contributed by atoms with Crippen molar-refractivity contribution < 1.29 is 19.4 Å². The van der Waals surface area contributed by atoms with Gasteiger partial charge in [0.2, 0.25) is 5.91 Å². The van der Waals surface area contributed by atoms with Gasteiger partial charge in [-0.3, -0.25) is 14.5 Å². The number of fused-ring (bicyclic) bond motifs is 1. The molecule has 3 rings (SSSR count). The lowest BCUT2D eigenvalue weighted by molar-refractivity contribution is -0.140. The molecule has 1 aliphatic carbocycles. The Kier molecular flexibility index (Phi) is 5.04. The van der Waals surface area contributed by atoms with E-state index in [9.17, 15) is 9.59 Å². The number of rotatable bonds is 6. The van der Waals surface area contributed by atoms with Gasteiger partial charge in [-0.25, -0.2) is 0 Å². The fourth-order valence-corrected chi connectivity index (χ4v) is 3.59. The number of hydrogen-bond donors (Lipinski definition) is 2. The fourth-order valence-electron chi connectivity index (χ4n) is 3.59. The highest BCUT2D eigenvalue weighted by Gasteiger charge is 2.36. The van der Waals surface area contributed by atoms with E-state index < -0.39 is 5.97 Å². The van der Waals surface area contributed by atoms with Crippen LogP contribution in [-0.2, 0) is 9.59 Å². The SMILES string of the molecule is CCN(CC(=O)O)C1CC(NC(=O)C2CCOc3ccccc32)C1. The van der Waals surface area contributed by atoms with E-state index in [0.29, 0.717) is 19.6 Å². The van der Waals surface area contributed by atoms with Gasteiger partial charge in [0.1, 0.15) is 5.75 Å². The number of amides is 1. The van der Waals surface area contributed by atoms with Crippen molar-refractivity contribution in [3.63, 3.8) is 0 Å². The van der Waals surface area contributed by atoms with E-state index >= 15 is 0 Å². The largest absolute Gasteiger partial charge is 0.493 e. The molecule has 0 bridgehead atoms. The van der Waals surface area contributed by atoms with Crippen LogP contribution in [0.5, 0.6) is 5.75 Å². The van der Waals surface area contributed by atoms with Gasteiger partial charge in [-0.05, 0) is 31.9 Å². The Morgan fingerprint density at radius 2 is 2.08 bits per heavy atom. The van der Waals surface area contributed by atoms with Gasteiger partial charge in [0, 0.05) is 17.6 Å². The van der Waals surface area contributed by atoms with Gasteiger partial charge in [-0.15, -0.1) is 0 Å². The van der Waals surface area contributed by atoms with Crippen molar-refractivity contribution in [2.75, 3.05) is 19.7 Å². The van der Waals surface area contributed by atoms with Gasteiger partial charge in [-0.2, -0.15) is 0 Å². The zero-order chi connectivity index (χ0) is 17.1. The minimum atomic E-state index is -0.803. The molecule has 1 amide bonds. The molecule has 1 aliphatic heterocycles. The molecule has 1 aromatic rings. The molecule has 130 valence electrons. The molecule has 24 heavy (non-hydrogen) atoms. The Morgan fingerprint density at radius 3 is 2.79 bits per heavy atom. The van der Waals surface area contributed by atoms with Gasteiger partial charge in [0.15, 0.2) is 0 Å². The van der Waals surface area contributed by atoms with Crippen LogP contribution in [-0.4, -0.2) is 53.7 Å². The number of nitrogens with zero attached hydrogens (tertiary/aromatic N) is 1. The minimum absolute atomic E-state index is 0.0514. The van der Waals surface area contributed by atoms with Crippen LogP contribution in [0.25, 0.3) is 0 Å². The molecular weight excluding hydrogens is 308 g/mol. The lowest BCUT2D eigenvalue weighted by Crippen LogP contribution is -2.55. The minimum Gasteiger partial charge on any atom is -0.493 e. The lowest BCUT2D eigenvalue weighted by atomic mass is 9.84. The fraction of sp³-hybridized carbons (Fsp3) is 0.556. The molecular formula is C18H24N2O4. The van der Waals surface area contributed by atoms with Crippen molar-refractivity contribution in [3.05, 3.63) is 29.8 Å². The van der Waals surface area contributed by atoms with Crippen molar-refractivity contribution in [1.29, 1.82) is 0 Å². The molecule has 0 aromatic heterocycles. The molecule has 1 unspecified atom stereocenters. The van der Waals surface area contributed by atoms with Crippen LogP contribution in [0.2, 0.25) is 0 Å². The Bertz CT molecular complexity index is 613. The normalized spacial score (nSPS) is 25.3. The van der Waals surface area contributed by atoms with Gasteiger partial charge >= 0.3 is 5.97 Å². The summed E-state index contributed by atoms with van der Waals surface area (Å²) in [5.41, 5.74) is 0.957. The summed E-state index contributed by atoms with van der Waals surface area (Å²) >= 11 is 0. The monoisotopic (exact) mass is 332 g/mol. The number of carboxylic acid groups (broad SMARTS) is 1. The highest BCUT2D eigenvalue weighted by Crippen LogP contribution is 2.34. The maximum atomic E-state index is 12.6. The Balaban J connectivity index is 1.54. The zero-order valence-electron chi connectivity index (χ0n) is 13.9. The van der Waals surface area contributed by atoms with Crippen LogP contribution >= 0.6 is 0 Å². The van der Waals surface area contributed by atoms with E-state index in [1.54, 1.807) is 0 Å². The van der Waals surface area contributed by atoms with Crippen molar-refractivity contribution >= 4 is 11.9 Å². The average molecular weight is 332 g/mol. The van der Waals surface area contributed by atoms with Crippen LogP contribution < -0.4 is 10.1 Å². The molecule has 0 saturated heterocycles. The first-order valence-electron chi connectivity index (χ1n) is 8.56. The third-order valence-electron chi connectivity index (χ3n) is 5.00. The Labute approximate surface area is 141 Å². The molecule has 2 aliphatic rings. The van der Waals surface area contributed by atoms with E-state index in [0.717, 1.165) is 24.2 Å². The molecule has 1 heterocycles. The van der Waals surface area contributed by atoms with Crippen molar-refractivity contribution in [2.45, 2.75) is 44.2 Å². The predicted octanol–water partition coefficient (Wildman–Crippen LogP) is 1.61. The summed E-state index contributed by atoms with van der Waals surface area (Å²) in [7, 11) is 0. The van der Waals surface area contributed by atoms with Crippen LogP contribution in [0, 0.1) is 0 Å². The molecule has 0 radical (unpaired) electrons. The van der Waals surface area contributed by atoms with E-state index in [1.165, 1.54) is 0 Å². The van der Waals surface area contributed by atoms with Gasteiger partial charge in [0.25, 0.3) is 0 Å². The molecule has 0 spiro atoms. The quantitative estimate of drug-likeness (QED) is 0.827.